The van der Waals surface area contributed by atoms with Crippen LogP contribution in [0.25, 0.3) is 0 Å². The number of nitrogens with one attached hydrogen (secondary N) is 1. The van der Waals surface area contributed by atoms with Gasteiger partial charge in [-0.1, -0.05) is 22.0 Å². The summed E-state index contributed by atoms with van der Waals surface area (Å²) in [5, 5.41) is 0.726. The Kier molecular flexibility index (Phi) is 7.52. The Morgan fingerprint density at radius 2 is 2.26 bits per heavy atom. The zero-order chi connectivity index (χ0) is 14.1. The van der Waals surface area contributed by atoms with Crippen molar-refractivity contribution in [3.05, 3.63) is 30.1 Å². The largest absolute Gasteiger partial charge is 0.383 e. The molecular weight excluding hydrogens is 332 g/mol. The molecule has 0 fully saturated rings. The molecule has 0 saturated heterocycles. The summed E-state index contributed by atoms with van der Waals surface area (Å²) in [4.78, 5) is 4.11. The number of aromatic nitrogens is 1. The molecule has 1 aromatic heterocycles. The van der Waals surface area contributed by atoms with Crippen LogP contribution in [0.15, 0.2) is 24.4 Å². The monoisotopic (exact) mass is 350 g/mol. The molecule has 1 rings (SSSR count). The number of methoxy groups -OCH3 is 1. The summed E-state index contributed by atoms with van der Waals surface area (Å²) >= 11 is 3.30. The number of aryl methyl sites for hydroxylation is 1. The molecule has 0 aliphatic rings. The van der Waals surface area contributed by atoms with E-state index in [1.54, 1.807) is 19.4 Å². The van der Waals surface area contributed by atoms with Gasteiger partial charge in [-0.3, -0.25) is 4.98 Å². The molecule has 1 unspecified atom stereocenters. The van der Waals surface area contributed by atoms with E-state index in [1.807, 2.05) is 12.1 Å². The number of sulfonamides is 1. The first-order valence-corrected chi connectivity index (χ1v) is 8.79. The molecule has 0 amide bonds. The van der Waals surface area contributed by atoms with Crippen molar-refractivity contribution < 1.29 is 13.2 Å². The number of rotatable bonds is 9. The highest BCUT2D eigenvalue weighted by molar-refractivity contribution is 9.09. The van der Waals surface area contributed by atoms with Crippen molar-refractivity contribution in [2.24, 2.45) is 0 Å². The molecular formula is C12H19BrN2O3S. The third-order valence-corrected chi connectivity index (χ3v) is 4.42. The van der Waals surface area contributed by atoms with Crippen molar-refractivity contribution in [3.8, 4) is 0 Å². The van der Waals surface area contributed by atoms with Gasteiger partial charge in [-0.2, -0.15) is 0 Å². The summed E-state index contributed by atoms with van der Waals surface area (Å²) in [7, 11) is -1.76. The molecule has 19 heavy (non-hydrogen) atoms. The predicted octanol–water partition coefficient (Wildman–Crippen LogP) is 1.34. The number of pyridine rings is 1. The zero-order valence-corrected chi connectivity index (χ0v) is 13.3. The second kappa shape index (κ2) is 8.63. The molecule has 1 N–H and O–H groups in total. The minimum atomic E-state index is -3.31. The molecule has 5 nitrogen and oxygen atoms in total. The van der Waals surface area contributed by atoms with Crippen molar-refractivity contribution in [3.63, 3.8) is 0 Å². The van der Waals surface area contributed by atoms with Crippen molar-refractivity contribution in [1.82, 2.24) is 9.71 Å². The van der Waals surface area contributed by atoms with E-state index < -0.39 is 10.0 Å². The third kappa shape index (κ3) is 7.00. The van der Waals surface area contributed by atoms with Gasteiger partial charge in [0.1, 0.15) is 0 Å². The van der Waals surface area contributed by atoms with E-state index in [9.17, 15) is 8.42 Å². The summed E-state index contributed by atoms with van der Waals surface area (Å²) in [6.07, 6.45) is 2.76. The number of halogens is 1. The first-order valence-electron chi connectivity index (χ1n) is 6.02. The Bertz CT molecular complexity index is 447. The quantitative estimate of drug-likeness (QED) is 0.682. The van der Waals surface area contributed by atoms with Gasteiger partial charge >= 0.3 is 0 Å². The van der Waals surface area contributed by atoms with E-state index in [-0.39, 0.29) is 11.8 Å². The summed E-state index contributed by atoms with van der Waals surface area (Å²) in [5.41, 5.74) is 0.775. The molecule has 0 bridgehead atoms. The molecule has 108 valence electrons. The Hall–Kier alpha value is -0.500. The Morgan fingerprint density at radius 3 is 2.84 bits per heavy atom. The zero-order valence-electron chi connectivity index (χ0n) is 10.9. The second-order valence-electron chi connectivity index (χ2n) is 4.14. The lowest BCUT2D eigenvalue weighted by molar-refractivity contribution is 0.173. The fourth-order valence-electron chi connectivity index (χ4n) is 1.61. The van der Waals surface area contributed by atoms with Crippen molar-refractivity contribution in [1.29, 1.82) is 0 Å². The SMILES string of the molecule is COCC(CCBr)NS(=O)(=O)CCc1ccccn1. The smallest absolute Gasteiger partial charge is 0.212 e. The molecule has 0 aliphatic heterocycles. The summed E-state index contributed by atoms with van der Waals surface area (Å²) < 4.78 is 31.6. The van der Waals surface area contributed by atoms with Crippen LogP contribution in [-0.2, 0) is 21.2 Å². The van der Waals surface area contributed by atoms with Crippen LogP contribution < -0.4 is 4.72 Å². The van der Waals surface area contributed by atoms with Crippen LogP contribution in [0.1, 0.15) is 12.1 Å². The van der Waals surface area contributed by atoms with Crippen molar-refractivity contribution in [2.45, 2.75) is 18.9 Å². The van der Waals surface area contributed by atoms with Crippen LogP contribution >= 0.6 is 15.9 Å². The Balaban J connectivity index is 2.50. The van der Waals surface area contributed by atoms with Gasteiger partial charge in [0.15, 0.2) is 0 Å². The summed E-state index contributed by atoms with van der Waals surface area (Å²) in [6.45, 7) is 0.369. The number of ether oxygens (including phenoxy) is 1. The fraction of sp³-hybridized carbons (Fsp3) is 0.583. The highest BCUT2D eigenvalue weighted by Crippen LogP contribution is 2.02. The highest BCUT2D eigenvalue weighted by Gasteiger charge is 2.17. The molecule has 0 spiro atoms. The Morgan fingerprint density at radius 1 is 1.47 bits per heavy atom. The highest BCUT2D eigenvalue weighted by atomic mass is 79.9. The van der Waals surface area contributed by atoms with Gasteiger partial charge in [0.25, 0.3) is 0 Å². The number of hydrogen-bond donors (Lipinski definition) is 1. The van der Waals surface area contributed by atoms with Crippen LogP contribution in [0, 0.1) is 0 Å². The van der Waals surface area contributed by atoms with Crippen LogP contribution in [0.4, 0.5) is 0 Å². The van der Waals surface area contributed by atoms with Crippen molar-refractivity contribution in [2.75, 3.05) is 24.8 Å². The standard InChI is InChI=1S/C12H19BrN2O3S/c1-18-10-12(5-7-13)15-19(16,17)9-6-11-4-2-3-8-14-11/h2-4,8,12,15H,5-7,9-10H2,1H3. The van der Waals surface area contributed by atoms with Gasteiger partial charge in [-0.05, 0) is 18.6 Å². The van der Waals surface area contributed by atoms with Crippen LogP contribution in [0.5, 0.6) is 0 Å². The lowest BCUT2D eigenvalue weighted by Gasteiger charge is -2.16. The van der Waals surface area contributed by atoms with E-state index in [4.69, 9.17) is 4.74 Å². The average Bonchev–Trinajstić information content (AvgIpc) is 2.38. The minimum absolute atomic E-state index is 0.0342. The fourth-order valence-corrected chi connectivity index (χ4v) is 3.45. The van der Waals surface area contributed by atoms with E-state index >= 15 is 0 Å². The van der Waals surface area contributed by atoms with E-state index in [2.05, 4.69) is 25.6 Å². The van der Waals surface area contributed by atoms with Gasteiger partial charge in [0.05, 0.1) is 12.4 Å². The van der Waals surface area contributed by atoms with Crippen LogP contribution in [0.2, 0.25) is 0 Å². The second-order valence-corrected chi connectivity index (χ2v) is 6.80. The minimum Gasteiger partial charge on any atom is -0.383 e. The lowest BCUT2D eigenvalue weighted by Crippen LogP contribution is -2.39. The number of alkyl halides is 1. The lowest BCUT2D eigenvalue weighted by atomic mass is 10.3. The normalized spacial score (nSPS) is 13.4. The molecule has 1 heterocycles. The van der Waals surface area contributed by atoms with Gasteiger partial charge in [-0.25, -0.2) is 13.1 Å². The van der Waals surface area contributed by atoms with Gasteiger partial charge < -0.3 is 4.74 Å². The molecule has 0 aromatic carbocycles. The first-order chi connectivity index (χ1) is 9.07. The van der Waals surface area contributed by atoms with Crippen LogP contribution in [-0.4, -0.2) is 44.2 Å². The summed E-state index contributed by atoms with van der Waals surface area (Å²) in [6, 6.07) is 5.28. The van der Waals surface area contributed by atoms with Gasteiger partial charge in [-0.15, -0.1) is 0 Å². The molecule has 0 radical (unpaired) electrons. The maximum absolute atomic E-state index is 12.0. The molecule has 0 saturated carbocycles. The van der Waals surface area contributed by atoms with Crippen molar-refractivity contribution >= 4 is 26.0 Å². The average molecular weight is 351 g/mol. The topological polar surface area (TPSA) is 68.3 Å². The maximum atomic E-state index is 12.0. The molecule has 0 aliphatic carbocycles. The van der Waals surface area contributed by atoms with Gasteiger partial charge in [0, 0.05) is 36.8 Å². The van der Waals surface area contributed by atoms with E-state index in [0.717, 1.165) is 11.0 Å². The predicted molar refractivity (Wildman–Crippen MR) is 78.9 cm³/mol. The molecule has 7 heteroatoms. The summed E-state index contributed by atoms with van der Waals surface area (Å²) in [5.74, 6) is 0.0342. The van der Waals surface area contributed by atoms with Gasteiger partial charge in [0.2, 0.25) is 10.0 Å². The van der Waals surface area contributed by atoms with E-state index in [0.29, 0.717) is 19.4 Å². The maximum Gasteiger partial charge on any atom is 0.212 e. The molecule has 1 aromatic rings. The third-order valence-electron chi connectivity index (χ3n) is 2.52. The van der Waals surface area contributed by atoms with E-state index in [1.165, 1.54) is 0 Å². The molecule has 1 atom stereocenters. The first kappa shape index (κ1) is 16.6. The number of hydrogen-bond acceptors (Lipinski definition) is 4. The van der Waals surface area contributed by atoms with Crippen LogP contribution in [0.3, 0.4) is 0 Å². The Labute approximate surface area is 122 Å². The number of nitrogens with zero attached hydrogens (tertiary/aromatic N) is 1.